The summed E-state index contributed by atoms with van der Waals surface area (Å²) in [7, 11) is 0. The summed E-state index contributed by atoms with van der Waals surface area (Å²) in [5.41, 5.74) is 0.982. The molecule has 0 atom stereocenters. The zero-order chi connectivity index (χ0) is 11.1. The van der Waals surface area contributed by atoms with E-state index in [2.05, 4.69) is 4.98 Å². The third-order valence-corrected chi connectivity index (χ3v) is 3.32. The van der Waals surface area contributed by atoms with E-state index in [-0.39, 0.29) is 0 Å². The zero-order valence-corrected chi connectivity index (χ0v) is 9.08. The lowest BCUT2D eigenvalue weighted by Crippen LogP contribution is -2.37. The molecule has 0 amide bonds. The Balaban J connectivity index is 2.05. The van der Waals surface area contributed by atoms with E-state index >= 15 is 0 Å². The Morgan fingerprint density at radius 1 is 1.47 bits per heavy atom. The second-order valence-electron chi connectivity index (χ2n) is 3.68. The monoisotopic (exact) mass is 236 g/mol. The molecule has 0 fully saturated rings. The Bertz CT molecular complexity index is 359. The standard InChI is InChI=1S/C9H11F3N2S/c1-6-13-7-2-3-14(4-8(7)15-6)5-9(10,11)12/h2-5H2,1H3. The number of hydrogen-bond donors (Lipinski definition) is 0. The van der Waals surface area contributed by atoms with E-state index < -0.39 is 12.7 Å². The van der Waals surface area contributed by atoms with Gasteiger partial charge in [-0.2, -0.15) is 13.2 Å². The Morgan fingerprint density at radius 2 is 2.20 bits per heavy atom. The first-order chi connectivity index (χ1) is 6.94. The fourth-order valence-corrected chi connectivity index (χ4v) is 2.79. The summed E-state index contributed by atoms with van der Waals surface area (Å²) in [5, 5.41) is 0.939. The maximum atomic E-state index is 12.2. The van der Waals surface area contributed by atoms with Gasteiger partial charge in [0.15, 0.2) is 0 Å². The Morgan fingerprint density at radius 3 is 2.87 bits per heavy atom. The minimum Gasteiger partial charge on any atom is -0.289 e. The second-order valence-corrected chi connectivity index (χ2v) is 4.97. The molecule has 0 saturated carbocycles. The second kappa shape index (κ2) is 3.75. The van der Waals surface area contributed by atoms with Gasteiger partial charge in [0.25, 0.3) is 0 Å². The van der Waals surface area contributed by atoms with Crippen LogP contribution in [-0.4, -0.2) is 29.1 Å². The summed E-state index contributed by atoms with van der Waals surface area (Å²) < 4.78 is 36.5. The summed E-state index contributed by atoms with van der Waals surface area (Å²) in [6, 6.07) is 0. The first-order valence-electron chi connectivity index (χ1n) is 4.68. The van der Waals surface area contributed by atoms with Crippen LogP contribution in [0.1, 0.15) is 15.6 Å². The zero-order valence-electron chi connectivity index (χ0n) is 8.26. The molecule has 0 spiro atoms. The van der Waals surface area contributed by atoms with Gasteiger partial charge in [-0.3, -0.25) is 4.90 Å². The van der Waals surface area contributed by atoms with Crippen molar-refractivity contribution >= 4 is 11.3 Å². The molecule has 1 aromatic rings. The normalized spacial score (nSPS) is 17.9. The number of thiazole rings is 1. The first-order valence-corrected chi connectivity index (χ1v) is 5.50. The predicted octanol–water partition coefficient (Wildman–Crippen LogP) is 2.37. The average molecular weight is 236 g/mol. The molecule has 0 aliphatic carbocycles. The van der Waals surface area contributed by atoms with Crippen molar-refractivity contribution in [3.63, 3.8) is 0 Å². The molecule has 2 heterocycles. The fraction of sp³-hybridized carbons (Fsp3) is 0.667. The van der Waals surface area contributed by atoms with Gasteiger partial charge in [-0.05, 0) is 6.92 Å². The maximum Gasteiger partial charge on any atom is 0.401 e. The van der Waals surface area contributed by atoms with E-state index in [1.807, 2.05) is 6.92 Å². The first kappa shape index (κ1) is 10.9. The number of halogens is 3. The predicted molar refractivity (Wildman–Crippen MR) is 51.9 cm³/mol. The lowest BCUT2D eigenvalue weighted by molar-refractivity contribution is -0.147. The average Bonchev–Trinajstić information content (AvgIpc) is 2.40. The van der Waals surface area contributed by atoms with Crippen LogP contribution < -0.4 is 0 Å². The lowest BCUT2D eigenvalue weighted by Gasteiger charge is -2.26. The molecule has 2 rings (SSSR count). The number of fused-ring (bicyclic) bond motifs is 1. The molecule has 1 aliphatic rings. The largest absolute Gasteiger partial charge is 0.401 e. The van der Waals surface area contributed by atoms with Crippen LogP contribution in [0.15, 0.2) is 0 Å². The Hall–Kier alpha value is -0.620. The molecule has 15 heavy (non-hydrogen) atoms. The highest BCUT2D eigenvalue weighted by atomic mass is 32.1. The molecule has 1 aliphatic heterocycles. The number of nitrogens with zero attached hydrogens (tertiary/aromatic N) is 2. The quantitative estimate of drug-likeness (QED) is 0.744. The molecule has 1 aromatic heterocycles. The molecule has 6 heteroatoms. The minimum atomic E-state index is -4.10. The van der Waals surface area contributed by atoms with Gasteiger partial charge in [0.1, 0.15) is 0 Å². The van der Waals surface area contributed by atoms with Crippen LogP contribution in [0.4, 0.5) is 13.2 Å². The highest BCUT2D eigenvalue weighted by Crippen LogP contribution is 2.26. The summed E-state index contributed by atoms with van der Waals surface area (Å²) in [6.45, 7) is 1.91. The molecular weight excluding hydrogens is 225 g/mol. The van der Waals surface area contributed by atoms with Gasteiger partial charge in [0.2, 0.25) is 0 Å². The number of aromatic nitrogens is 1. The molecule has 84 valence electrons. The minimum absolute atomic E-state index is 0.389. The smallest absolute Gasteiger partial charge is 0.289 e. The van der Waals surface area contributed by atoms with Crippen molar-refractivity contribution in [2.45, 2.75) is 26.1 Å². The van der Waals surface area contributed by atoms with Crippen molar-refractivity contribution in [1.82, 2.24) is 9.88 Å². The van der Waals surface area contributed by atoms with Gasteiger partial charge in [-0.15, -0.1) is 11.3 Å². The summed E-state index contributed by atoms with van der Waals surface area (Å²) in [4.78, 5) is 6.71. The van der Waals surface area contributed by atoms with Gasteiger partial charge in [-0.25, -0.2) is 4.98 Å². The highest BCUT2D eigenvalue weighted by Gasteiger charge is 2.32. The van der Waals surface area contributed by atoms with Crippen molar-refractivity contribution in [3.05, 3.63) is 15.6 Å². The molecule has 0 unspecified atom stereocenters. The maximum absolute atomic E-state index is 12.2. The van der Waals surface area contributed by atoms with Gasteiger partial charge in [0.05, 0.1) is 17.2 Å². The summed E-state index contributed by atoms with van der Waals surface area (Å²) in [5.74, 6) is 0. The van der Waals surface area contributed by atoms with E-state index in [9.17, 15) is 13.2 Å². The topological polar surface area (TPSA) is 16.1 Å². The van der Waals surface area contributed by atoms with Crippen LogP contribution in [0.3, 0.4) is 0 Å². The summed E-state index contributed by atoms with van der Waals surface area (Å²) >= 11 is 1.50. The van der Waals surface area contributed by atoms with E-state index in [1.165, 1.54) is 16.2 Å². The number of hydrogen-bond acceptors (Lipinski definition) is 3. The fourth-order valence-electron chi connectivity index (χ4n) is 1.77. The summed E-state index contributed by atoms with van der Waals surface area (Å²) in [6.07, 6.45) is -3.47. The molecule has 2 nitrogen and oxygen atoms in total. The molecule has 0 radical (unpaired) electrons. The number of rotatable bonds is 1. The van der Waals surface area contributed by atoms with Crippen LogP contribution in [0.25, 0.3) is 0 Å². The van der Waals surface area contributed by atoms with Crippen molar-refractivity contribution in [3.8, 4) is 0 Å². The van der Waals surface area contributed by atoms with Gasteiger partial charge < -0.3 is 0 Å². The van der Waals surface area contributed by atoms with Gasteiger partial charge in [-0.1, -0.05) is 0 Å². The van der Waals surface area contributed by atoms with E-state index in [0.717, 1.165) is 15.6 Å². The van der Waals surface area contributed by atoms with Crippen LogP contribution >= 0.6 is 11.3 Å². The molecule has 0 N–H and O–H groups in total. The third kappa shape index (κ3) is 2.69. The molecular formula is C9H11F3N2S. The van der Waals surface area contributed by atoms with Gasteiger partial charge in [0, 0.05) is 24.4 Å². The highest BCUT2D eigenvalue weighted by molar-refractivity contribution is 7.11. The van der Waals surface area contributed by atoms with Crippen LogP contribution in [0.5, 0.6) is 0 Å². The lowest BCUT2D eigenvalue weighted by atomic mass is 10.2. The van der Waals surface area contributed by atoms with Crippen LogP contribution in [-0.2, 0) is 13.0 Å². The Kier molecular flexibility index (Phi) is 2.72. The number of alkyl halides is 3. The molecule has 0 bridgehead atoms. The van der Waals surface area contributed by atoms with E-state index in [1.54, 1.807) is 0 Å². The molecule has 0 saturated heterocycles. The number of aryl methyl sites for hydroxylation is 1. The third-order valence-electron chi connectivity index (χ3n) is 2.32. The van der Waals surface area contributed by atoms with E-state index in [4.69, 9.17) is 0 Å². The van der Waals surface area contributed by atoms with E-state index in [0.29, 0.717) is 19.5 Å². The molecule has 0 aromatic carbocycles. The van der Waals surface area contributed by atoms with Gasteiger partial charge >= 0.3 is 6.18 Å². The Labute approximate surface area is 89.7 Å². The van der Waals surface area contributed by atoms with Crippen LogP contribution in [0, 0.1) is 6.92 Å². The van der Waals surface area contributed by atoms with Crippen molar-refractivity contribution in [2.75, 3.05) is 13.1 Å². The van der Waals surface area contributed by atoms with Crippen molar-refractivity contribution in [2.24, 2.45) is 0 Å². The van der Waals surface area contributed by atoms with Crippen molar-refractivity contribution < 1.29 is 13.2 Å². The van der Waals surface area contributed by atoms with Crippen molar-refractivity contribution in [1.29, 1.82) is 0 Å². The van der Waals surface area contributed by atoms with Crippen LogP contribution in [0.2, 0.25) is 0 Å². The SMILES string of the molecule is Cc1nc2c(s1)CN(CC(F)(F)F)CC2.